The van der Waals surface area contributed by atoms with Crippen molar-refractivity contribution in [1.29, 1.82) is 0 Å². The molecule has 2 aliphatic rings. The van der Waals surface area contributed by atoms with Crippen LogP contribution in [-0.4, -0.2) is 27.0 Å². The number of nitrogens with zero attached hydrogens (tertiary/aromatic N) is 3. The zero-order valence-electron chi connectivity index (χ0n) is 18.2. The molecule has 1 fully saturated rings. The second-order valence-corrected chi connectivity index (χ2v) is 8.49. The lowest BCUT2D eigenvalue weighted by atomic mass is 9.96. The normalized spacial score (nSPS) is 20.3. The number of anilines is 1. The maximum atomic E-state index is 13.1. The van der Waals surface area contributed by atoms with Crippen LogP contribution >= 0.6 is 0 Å². The number of aromatic nitrogens is 3. The zero-order chi connectivity index (χ0) is 21.4. The molecule has 4 rings (SSSR count). The Morgan fingerprint density at radius 3 is 2.60 bits per heavy atom. The Morgan fingerprint density at radius 2 is 1.93 bits per heavy atom. The first-order valence-corrected chi connectivity index (χ1v) is 10.7. The molecule has 0 saturated heterocycles. The van der Waals surface area contributed by atoms with E-state index < -0.39 is 5.91 Å². The molecule has 1 amide bonds. The molecule has 0 aromatic carbocycles. The fraction of sp³-hybridized carbons (Fsp3) is 0.591. The van der Waals surface area contributed by atoms with Crippen LogP contribution in [-0.2, 0) is 11.8 Å². The molecule has 8 nitrogen and oxygen atoms in total. The Labute approximate surface area is 175 Å². The van der Waals surface area contributed by atoms with Crippen molar-refractivity contribution in [3.8, 4) is 0 Å². The predicted octanol–water partition coefficient (Wildman–Crippen LogP) is 3.96. The van der Waals surface area contributed by atoms with Gasteiger partial charge in [0.25, 0.3) is 11.5 Å². The minimum Gasteiger partial charge on any atom is -0.365 e. The highest BCUT2D eigenvalue weighted by Gasteiger charge is 2.29. The van der Waals surface area contributed by atoms with Crippen LogP contribution in [0.15, 0.2) is 21.0 Å². The topological polar surface area (TPSA) is 91.3 Å². The minimum absolute atomic E-state index is 0.159. The third-order valence-corrected chi connectivity index (χ3v) is 6.41. The fourth-order valence-corrected chi connectivity index (χ4v) is 4.49. The molecule has 0 spiro atoms. The second-order valence-electron chi connectivity index (χ2n) is 8.49. The number of amides is 1. The average molecular weight is 415 g/mol. The van der Waals surface area contributed by atoms with E-state index in [2.05, 4.69) is 16.5 Å². The zero-order valence-corrected chi connectivity index (χ0v) is 18.2. The highest BCUT2D eigenvalue weighted by Crippen LogP contribution is 2.31. The van der Waals surface area contributed by atoms with Crippen LogP contribution in [0, 0.1) is 13.8 Å². The largest absolute Gasteiger partial charge is 0.365 e. The number of carbonyl (C=O) groups excluding carboxylic acids is 1. The maximum absolute atomic E-state index is 13.1. The molecule has 2 aromatic rings. The Morgan fingerprint density at radius 1 is 1.20 bits per heavy atom. The molecule has 3 heterocycles. The minimum atomic E-state index is -0.438. The molecule has 1 N–H and O–H groups in total. The molecule has 1 saturated carbocycles. The van der Waals surface area contributed by atoms with Gasteiger partial charge in [-0.15, -0.1) is 0 Å². The first kappa shape index (κ1) is 20.7. The number of hydrogen-bond donors (Lipinski definition) is 1. The van der Waals surface area contributed by atoms with Crippen molar-refractivity contribution in [3.63, 3.8) is 0 Å². The number of hydrogen-bond acceptors (Lipinski definition) is 5. The summed E-state index contributed by atoms with van der Waals surface area (Å²) in [5, 5.41) is 6.77. The highest BCUT2D eigenvalue weighted by molar-refractivity contribution is 6.04. The van der Waals surface area contributed by atoms with Gasteiger partial charge in [-0.3, -0.25) is 14.3 Å². The SMILES string of the molecule is CC1=CC[C@H](c2onc(C(=O)Nc3c(C)n(C)n(C4CCCCC4)c3=O)c2C)OC1. The van der Waals surface area contributed by atoms with Crippen LogP contribution in [0.5, 0.6) is 0 Å². The summed E-state index contributed by atoms with van der Waals surface area (Å²) in [5.74, 6) is 0.125. The van der Waals surface area contributed by atoms with Crippen LogP contribution in [0.3, 0.4) is 0 Å². The van der Waals surface area contributed by atoms with Crippen molar-refractivity contribution in [1.82, 2.24) is 14.5 Å². The molecule has 2 aromatic heterocycles. The third-order valence-electron chi connectivity index (χ3n) is 6.41. The lowest BCUT2D eigenvalue weighted by molar-refractivity contribution is 0.0409. The van der Waals surface area contributed by atoms with Crippen molar-refractivity contribution in [2.24, 2.45) is 7.05 Å². The van der Waals surface area contributed by atoms with E-state index in [1.54, 1.807) is 11.6 Å². The molecule has 162 valence electrons. The van der Waals surface area contributed by atoms with Gasteiger partial charge in [0, 0.05) is 12.6 Å². The second kappa shape index (κ2) is 8.26. The van der Waals surface area contributed by atoms with E-state index in [1.165, 1.54) is 12.0 Å². The smallest absolute Gasteiger partial charge is 0.291 e. The van der Waals surface area contributed by atoms with Crippen molar-refractivity contribution in [2.45, 2.75) is 71.4 Å². The van der Waals surface area contributed by atoms with Gasteiger partial charge in [-0.25, -0.2) is 4.68 Å². The van der Waals surface area contributed by atoms with Crippen LogP contribution in [0.1, 0.15) is 85.1 Å². The molecule has 0 radical (unpaired) electrons. The monoisotopic (exact) mass is 414 g/mol. The van der Waals surface area contributed by atoms with Gasteiger partial charge in [-0.05, 0) is 40.0 Å². The van der Waals surface area contributed by atoms with Gasteiger partial charge in [0.15, 0.2) is 11.5 Å². The van der Waals surface area contributed by atoms with Crippen molar-refractivity contribution < 1.29 is 14.1 Å². The Bertz CT molecular complexity index is 1040. The first-order chi connectivity index (χ1) is 14.4. The third kappa shape index (κ3) is 3.64. The summed E-state index contributed by atoms with van der Waals surface area (Å²) in [6, 6.07) is 0.181. The van der Waals surface area contributed by atoms with Crippen molar-refractivity contribution >= 4 is 11.6 Å². The molecule has 1 aliphatic heterocycles. The van der Waals surface area contributed by atoms with Crippen molar-refractivity contribution in [3.05, 3.63) is 44.7 Å². The van der Waals surface area contributed by atoms with Gasteiger partial charge in [0.2, 0.25) is 0 Å². The Balaban J connectivity index is 1.57. The van der Waals surface area contributed by atoms with Crippen LogP contribution in [0.2, 0.25) is 0 Å². The van der Waals surface area contributed by atoms with Gasteiger partial charge in [0.05, 0.1) is 18.3 Å². The van der Waals surface area contributed by atoms with E-state index in [-0.39, 0.29) is 23.4 Å². The quantitative estimate of drug-likeness (QED) is 0.765. The molecule has 8 heteroatoms. The Kier molecular flexibility index (Phi) is 5.69. The number of nitrogens with one attached hydrogen (secondary N) is 1. The lowest BCUT2D eigenvalue weighted by Crippen LogP contribution is -2.29. The van der Waals surface area contributed by atoms with E-state index in [4.69, 9.17) is 9.26 Å². The summed E-state index contributed by atoms with van der Waals surface area (Å²) in [6.07, 6.45) is 8.00. The molecular formula is C22H30N4O4. The van der Waals surface area contributed by atoms with E-state index in [9.17, 15) is 9.59 Å². The fourth-order valence-electron chi connectivity index (χ4n) is 4.49. The first-order valence-electron chi connectivity index (χ1n) is 10.7. The van der Waals surface area contributed by atoms with E-state index in [0.717, 1.165) is 31.4 Å². The standard InChI is InChI=1S/C22H30N4O4/c1-13-10-11-17(29-12-13)20-14(2)18(24-30-20)21(27)23-19-15(3)25(4)26(22(19)28)16-8-6-5-7-9-16/h10,16-17H,5-9,11-12H2,1-4H3,(H,23,27)/t17-/m1/s1. The number of rotatable bonds is 4. The molecule has 30 heavy (non-hydrogen) atoms. The molecule has 1 atom stereocenters. The Hall–Kier alpha value is -2.61. The average Bonchev–Trinajstić information content (AvgIpc) is 3.22. The summed E-state index contributed by atoms with van der Waals surface area (Å²) in [7, 11) is 1.87. The number of ether oxygens (including phenoxy) is 1. The van der Waals surface area contributed by atoms with Crippen LogP contribution < -0.4 is 10.9 Å². The molecule has 0 bridgehead atoms. The van der Waals surface area contributed by atoms with Crippen molar-refractivity contribution in [2.75, 3.05) is 11.9 Å². The van der Waals surface area contributed by atoms with E-state index in [0.29, 0.717) is 30.0 Å². The summed E-state index contributed by atoms with van der Waals surface area (Å²) in [4.78, 5) is 26.0. The summed E-state index contributed by atoms with van der Waals surface area (Å²) >= 11 is 0. The molecular weight excluding hydrogens is 384 g/mol. The van der Waals surface area contributed by atoms with E-state index >= 15 is 0 Å². The number of carbonyl (C=O) groups is 1. The predicted molar refractivity (Wildman–Crippen MR) is 113 cm³/mol. The summed E-state index contributed by atoms with van der Waals surface area (Å²) < 4.78 is 14.9. The van der Waals surface area contributed by atoms with Crippen LogP contribution in [0.4, 0.5) is 5.69 Å². The van der Waals surface area contributed by atoms with Gasteiger partial charge in [-0.2, -0.15) is 0 Å². The lowest BCUT2D eigenvalue weighted by Gasteiger charge is -2.24. The van der Waals surface area contributed by atoms with Gasteiger partial charge >= 0.3 is 0 Å². The highest BCUT2D eigenvalue weighted by atomic mass is 16.5. The summed E-state index contributed by atoms with van der Waals surface area (Å²) in [6.45, 7) is 6.20. The molecule has 1 aliphatic carbocycles. The van der Waals surface area contributed by atoms with Gasteiger partial charge < -0.3 is 14.6 Å². The van der Waals surface area contributed by atoms with E-state index in [1.807, 2.05) is 25.6 Å². The molecule has 0 unspecified atom stereocenters. The van der Waals surface area contributed by atoms with Crippen LogP contribution in [0.25, 0.3) is 0 Å². The van der Waals surface area contributed by atoms with Gasteiger partial charge in [-0.1, -0.05) is 36.1 Å². The summed E-state index contributed by atoms with van der Waals surface area (Å²) in [5.41, 5.74) is 2.89. The maximum Gasteiger partial charge on any atom is 0.291 e. The van der Waals surface area contributed by atoms with Gasteiger partial charge in [0.1, 0.15) is 11.8 Å².